The maximum Gasteiger partial charge on any atom is -0.0383 e. The molecule has 0 saturated heterocycles. The van der Waals surface area contributed by atoms with Gasteiger partial charge in [0.1, 0.15) is 0 Å². The Morgan fingerprint density at radius 3 is 0.923 bits per heavy atom. The average Bonchev–Trinajstić information content (AvgIpc) is 2.50. The minimum Gasteiger partial charge on any atom is -0.0776 e. The summed E-state index contributed by atoms with van der Waals surface area (Å²) in [5.74, 6) is 1.70. The monoisotopic (exact) mass is 377 g/mol. The van der Waals surface area contributed by atoms with Gasteiger partial charge in [0.2, 0.25) is 0 Å². The number of rotatable bonds is 6. The lowest BCUT2D eigenvalue weighted by molar-refractivity contribution is 0.373. The Balaban J connectivity index is -0.0000000505. The van der Waals surface area contributed by atoms with E-state index >= 15 is 0 Å². The van der Waals surface area contributed by atoms with Crippen molar-refractivity contribution >= 4 is 0 Å². The molecule has 0 aromatic heterocycles. The minimum atomic E-state index is 0. The standard InChI is InChI=1S/2C7H16.C6H14.C3H8.C2H6.CH4/c1-5-6-7(2,3)4;1-3-5-7-6-4-2;1-5(2)6(3)4;1-3-2;1-2;/h5-6H2,1-4H3;3-7H2,1-2H3;5-6H,1-4H3;3H2,1-2H3;1-2H3;1H4. The topological polar surface area (TPSA) is 0 Å². The fourth-order valence-electron chi connectivity index (χ4n) is 1.43. The minimum absolute atomic E-state index is 0. The Bertz CT molecular complexity index is 149. The van der Waals surface area contributed by atoms with Gasteiger partial charge < -0.3 is 0 Å². The van der Waals surface area contributed by atoms with Crippen LogP contribution in [-0.4, -0.2) is 0 Å². The summed E-state index contributed by atoms with van der Waals surface area (Å²) < 4.78 is 0. The van der Waals surface area contributed by atoms with Crippen molar-refractivity contribution in [2.75, 3.05) is 0 Å². The lowest BCUT2D eigenvalue weighted by Crippen LogP contribution is -2.02. The van der Waals surface area contributed by atoms with Crippen LogP contribution in [0.1, 0.15) is 156 Å². The molecule has 0 amide bonds. The van der Waals surface area contributed by atoms with Gasteiger partial charge >= 0.3 is 0 Å². The maximum atomic E-state index is 2.27. The Kier molecular flexibility index (Phi) is 56.2. The largest absolute Gasteiger partial charge is 0.0776 e. The molecule has 0 aliphatic carbocycles. The van der Waals surface area contributed by atoms with Crippen molar-refractivity contribution in [1.82, 2.24) is 0 Å². The molecule has 0 aromatic carbocycles. The maximum absolute atomic E-state index is 2.27. The Hall–Kier alpha value is 0. The summed E-state index contributed by atoms with van der Waals surface area (Å²) in [6.07, 6.45) is 10.9. The van der Waals surface area contributed by atoms with Gasteiger partial charge in [-0.05, 0) is 23.7 Å². The lowest BCUT2D eigenvalue weighted by atomic mass is 9.91. The van der Waals surface area contributed by atoms with Crippen LogP contribution in [-0.2, 0) is 0 Å². The van der Waals surface area contributed by atoms with Crippen LogP contribution in [0.4, 0.5) is 0 Å². The molecule has 0 heterocycles. The van der Waals surface area contributed by atoms with Crippen molar-refractivity contribution < 1.29 is 0 Å². The van der Waals surface area contributed by atoms with Crippen molar-refractivity contribution in [3.63, 3.8) is 0 Å². The highest BCUT2D eigenvalue weighted by molar-refractivity contribution is 4.58. The predicted octanol–water partition coefficient (Wildman–Crippen LogP) is 11.2. The first-order chi connectivity index (χ1) is 11.5. The fraction of sp³-hybridized carbons (Fsp3) is 1.00. The van der Waals surface area contributed by atoms with E-state index in [1.165, 1.54) is 51.4 Å². The zero-order valence-electron chi connectivity index (χ0n) is 21.3. The molecule has 0 N–H and O–H groups in total. The van der Waals surface area contributed by atoms with E-state index in [1.807, 2.05) is 13.8 Å². The van der Waals surface area contributed by atoms with E-state index in [1.54, 1.807) is 0 Å². The second-order valence-corrected chi connectivity index (χ2v) is 8.57. The molecule has 0 unspecified atom stereocenters. The molecule has 0 fully saturated rings. The van der Waals surface area contributed by atoms with E-state index in [2.05, 4.69) is 83.1 Å². The van der Waals surface area contributed by atoms with E-state index in [9.17, 15) is 0 Å². The van der Waals surface area contributed by atoms with Crippen LogP contribution < -0.4 is 0 Å². The zero-order valence-corrected chi connectivity index (χ0v) is 21.3. The zero-order chi connectivity index (χ0) is 21.3. The van der Waals surface area contributed by atoms with Crippen molar-refractivity contribution in [3.05, 3.63) is 0 Å². The van der Waals surface area contributed by atoms with Crippen LogP contribution >= 0.6 is 0 Å². The van der Waals surface area contributed by atoms with Crippen LogP contribution in [0.5, 0.6) is 0 Å². The molecular weight excluding hydrogens is 312 g/mol. The molecule has 0 radical (unpaired) electrons. The van der Waals surface area contributed by atoms with Gasteiger partial charge in [-0.3, -0.25) is 0 Å². The molecule has 0 atom stereocenters. The van der Waals surface area contributed by atoms with E-state index in [0.717, 1.165) is 11.8 Å². The highest BCUT2D eigenvalue weighted by Crippen LogP contribution is 2.19. The number of hydrogen-bond acceptors (Lipinski definition) is 0. The van der Waals surface area contributed by atoms with Gasteiger partial charge in [0, 0.05) is 0 Å². The lowest BCUT2D eigenvalue weighted by Gasteiger charge is -2.15. The van der Waals surface area contributed by atoms with Gasteiger partial charge in [-0.1, -0.05) is 149 Å². The van der Waals surface area contributed by atoms with Crippen molar-refractivity contribution in [3.8, 4) is 0 Å². The third-order valence-corrected chi connectivity index (χ3v) is 3.54. The smallest absolute Gasteiger partial charge is 0.0383 e. The van der Waals surface area contributed by atoms with Crippen LogP contribution in [0.25, 0.3) is 0 Å². The molecule has 0 rings (SSSR count). The van der Waals surface area contributed by atoms with Crippen molar-refractivity contribution in [2.24, 2.45) is 17.3 Å². The molecule has 26 heavy (non-hydrogen) atoms. The first-order valence-corrected chi connectivity index (χ1v) is 11.5. The summed E-state index contributed by atoms with van der Waals surface area (Å²) in [5, 5.41) is 0. The summed E-state index contributed by atoms with van der Waals surface area (Å²) >= 11 is 0. The van der Waals surface area contributed by atoms with E-state index in [0.29, 0.717) is 5.41 Å². The van der Waals surface area contributed by atoms with E-state index in [4.69, 9.17) is 0 Å². The molecule has 0 aliphatic heterocycles. The quantitative estimate of drug-likeness (QED) is 0.404. The van der Waals surface area contributed by atoms with Crippen LogP contribution in [0.15, 0.2) is 0 Å². The van der Waals surface area contributed by atoms with Gasteiger partial charge in [0.25, 0.3) is 0 Å². The Morgan fingerprint density at radius 2 is 0.846 bits per heavy atom. The second kappa shape index (κ2) is 36.0. The predicted molar refractivity (Wildman–Crippen MR) is 133 cm³/mol. The normalized spacial score (nSPS) is 9.23. The first kappa shape index (κ1) is 40.6. The molecule has 0 aromatic rings. The highest BCUT2D eigenvalue weighted by Gasteiger charge is 2.06. The molecule has 0 aliphatic rings. The molecule has 0 nitrogen and oxygen atoms in total. The Morgan fingerprint density at radius 1 is 0.577 bits per heavy atom. The molecule has 168 valence electrons. The summed E-state index contributed by atoms with van der Waals surface area (Å²) in [6, 6.07) is 0. The SMILES string of the molecule is C.CC.CC(C)C(C)C.CCC.CCCC(C)(C)C.CCCCCCC. The molecular formula is C26H64. The summed E-state index contributed by atoms with van der Waals surface area (Å²) in [4.78, 5) is 0. The number of hydrogen-bond donors (Lipinski definition) is 0. The van der Waals surface area contributed by atoms with Crippen LogP contribution in [0.2, 0.25) is 0 Å². The average molecular weight is 377 g/mol. The summed E-state index contributed by atoms with van der Waals surface area (Å²) in [7, 11) is 0. The molecule has 0 bridgehead atoms. The fourth-order valence-corrected chi connectivity index (χ4v) is 1.43. The van der Waals surface area contributed by atoms with Crippen molar-refractivity contribution in [2.45, 2.75) is 156 Å². The molecule has 0 spiro atoms. The van der Waals surface area contributed by atoms with Gasteiger partial charge in [-0.15, -0.1) is 0 Å². The van der Waals surface area contributed by atoms with E-state index in [-0.39, 0.29) is 7.43 Å². The van der Waals surface area contributed by atoms with Crippen LogP contribution in [0.3, 0.4) is 0 Å². The number of unbranched alkanes of at least 4 members (excludes halogenated alkanes) is 4. The van der Waals surface area contributed by atoms with Gasteiger partial charge in [0.05, 0.1) is 0 Å². The second-order valence-electron chi connectivity index (χ2n) is 8.57. The first-order valence-electron chi connectivity index (χ1n) is 11.5. The summed E-state index contributed by atoms with van der Waals surface area (Å²) in [5.41, 5.74) is 0.550. The third-order valence-electron chi connectivity index (χ3n) is 3.54. The highest BCUT2D eigenvalue weighted by atomic mass is 14.1. The van der Waals surface area contributed by atoms with Gasteiger partial charge in [-0.25, -0.2) is 0 Å². The molecule has 0 heteroatoms. The Labute approximate surface area is 173 Å². The summed E-state index contributed by atoms with van der Waals surface area (Å²) in [6.45, 7) is 30.8. The van der Waals surface area contributed by atoms with E-state index < -0.39 is 0 Å². The molecule has 0 saturated carbocycles. The van der Waals surface area contributed by atoms with Crippen molar-refractivity contribution in [1.29, 1.82) is 0 Å². The van der Waals surface area contributed by atoms with Crippen LogP contribution in [0, 0.1) is 17.3 Å². The third kappa shape index (κ3) is 88.2. The van der Waals surface area contributed by atoms with Gasteiger partial charge in [0.15, 0.2) is 0 Å². The van der Waals surface area contributed by atoms with Gasteiger partial charge in [-0.2, -0.15) is 0 Å².